The van der Waals surface area contributed by atoms with E-state index in [2.05, 4.69) is 15.4 Å². The van der Waals surface area contributed by atoms with E-state index in [0.29, 0.717) is 42.0 Å². The van der Waals surface area contributed by atoms with E-state index in [1.165, 1.54) is 10.7 Å². The van der Waals surface area contributed by atoms with Crippen molar-refractivity contribution in [1.29, 1.82) is 0 Å². The zero-order chi connectivity index (χ0) is 26.8. The molecule has 1 aromatic carbocycles. The number of hydrogen-bond donors (Lipinski definition) is 2. The maximum atomic E-state index is 13.2. The van der Waals surface area contributed by atoms with Crippen LogP contribution in [-0.4, -0.2) is 32.4 Å². The van der Waals surface area contributed by atoms with Gasteiger partial charge in [-0.2, -0.15) is 5.10 Å². The summed E-state index contributed by atoms with van der Waals surface area (Å²) in [4.78, 5) is 42.2. The Morgan fingerprint density at radius 3 is 2.49 bits per heavy atom. The number of ether oxygens (including phenoxy) is 1. The number of benzene rings is 1. The minimum absolute atomic E-state index is 0.132. The van der Waals surface area contributed by atoms with Crippen molar-refractivity contribution in [2.45, 2.75) is 63.6 Å². The van der Waals surface area contributed by atoms with Gasteiger partial charge in [0.2, 0.25) is 0 Å². The molecule has 37 heavy (non-hydrogen) atoms. The molecule has 2 heterocycles. The molecule has 9 nitrogen and oxygen atoms in total. The number of aromatic nitrogens is 3. The van der Waals surface area contributed by atoms with E-state index in [4.69, 9.17) is 22.1 Å². The van der Waals surface area contributed by atoms with Gasteiger partial charge in [-0.3, -0.25) is 14.6 Å². The lowest BCUT2D eigenvalue weighted by Gasteiger charge is -2.41. The predicted molar refractivity (Wildman–Crippen MR) is 140 cm³/mol. The van der Waals surface area contributed by atoms with Crippen LogP contribution in [0.25, 0.3) is 11.3 Å². The van der Waals surface area contributed by atoms with E-state index >= 15 is 0 Å². The van der Waals surface area contributed by atoms with Crippen LogP contribution in [0.15, 0.2) is 59.7 Å². The molecule has 3 aromatic rings. The molecule has 0 spiro atoms. The number of nitrogens with one attached hydrogen (secondary N) is 1. The molecule has 1 aliphatic rings. The highest BCUT2D eigenvalue weighted by Gasteiger charge is 2.40. The lowest BCUT2D eigenvalue weighted by Crippen LogP contribution is -2.50. The maximum absolute atomic E-state index is 13.2. The van der Waals surface area contributed by atoms with Crippen molar-refractivity contribution >= 4 is 23.6 Å². The van der Waals surface area contributed by atoms with Crippen molar-refractivity contribution < 1.29 is 14.3 Å². The second kappa shape index (κ2) is 10.3. The Labute approximate surface area is 220 Å². The number of carbonyl (C=O) groups excluding carboxylic acids is 2. The Morgan fingerprint density at radius 1 is 1.16 bits per heavy atom. The summed E-state index contributed by atoms with van der Waals surface area (Å²) in [5.74, 6) is -0.818. The molecule has 0 saturated heterocycles. The zero-order valence-corrected chi connectivity index (χ0v) is 21.8. The third-order valence-corrected chi connectivity index (χ3v) is 6.66. The van der Waals surface area contributed by atoms with Crippen LogP contribution in [0, 0.1) is 0 Å². The standard InChI is InChI=1S/C27H30ClN5O4/c1-26(2,3)37-25(36)31-27(18-7-4-8-19(28)14-18)11-9-20(10-12-27)33-24(35)21(23(29)34)15-22(32-33)17-6-5-13-30-16-17/h4-8,13-16,20H,9-12H2,1-3H3,(H2,29,34)(H,31,36). The van der Waals surface area contributed by atoms with Gasteiger partial charge in [-0.15, -0.1) is 0 Å². The summed E-state index contributed by atoms with van der Waals surface area (Å²) in [6.07, 6.45) is 4.70. The molecule has 0 aliphatic heterocycles. The van der Waals surface area contributed by atoms with Crippen LogP contribution >= 0.6 is 11.6 Å². The fourth-order valence-corrected chi connectivity index (χ4v) is 4.89. The van der Waals surface area contributed by atoms with E-state index < -0.39 is 28.7 Å². The van der Waals surface area contributed by atoms with Gasteiger partial charge in [-0.1, -0.05) is 23.7 Å². The summed E-state index contributed by atoms with van der Waals surface area (Å²) < 4.78 is 6.89. The van der Waals surface area contributed by atoms with E-state index in [0.717, 1.165) is 5.56 Å². The average molecular weight is 524 g/mol. The summed E-state index contributed by atoms with van der Waals surface area (Å²) in [5.41, 5.74) is 5.39. The highest BCUT2D eigenvalue weighted by molar-refractivity contribution is 6.30. The first-order valence-corrected chi connectivity index (χ1v) is 12.5. The number of pyridine rings is 1. The van der Waals surface area contributed by atoms with Crippen LogP contribution < -0.4 is 16.6 Å². The van der Waals surface area contributed by atoms with Crippen molar-refractivity contribution in [3.63, 3.8) is 0 Å². The predicted octanol–water partition coefficient (Wildman–Crippen LogP) is 4.59. The Bertz CT molecular complexity index is 1360. The lowest BCUT2D eigenvalue weighted by atomic mass is 9.75. The van der Waals surface area contributed by atoms with Gasteiger partial charge in [-0.25, -0.2) is 9.48 Å². The van der Waals surface area contributed by atoms with Crippen LogP contribution in [0.2, 0.25) is 5.02 Å². The Morgan fingerprint density at radius 2 is 1.89 bits per heavy atom. The molecule has 0 unspecified atom stereocenters. The molecule has 3 N–H and O–H groups in total. The molecule has 0 bridgehead atoms. The molecular formula is C27H30ClN5O4. The van der Waals surface area contributed by atoms with Gasteiger partial charge < -0.3 is 15.8 Å². The van der Waals surface area contributed by atoms with E-state index in [-0.39, 0.29) is 11.6 Å². The third-order valence-electron chi connectivity index (χ3n) is 6.43. The van der Waals surface area contributed by atoms with E-state index in [1.807, 2.05) is 18.2 Å². The van der Waals surface area contributed by atoms with Gasteiger partial charge in [0.15, 0.2) is 0 Å². The van der Waals surface area contributed by atoms with E-state index in [9.17, 15) is 14.4 Å². The molecule has 194 valence electrons. The first kappa shape index (κ1) is 26.3. The van der Waals surface area contributed by atoms with Crippen LogP contribution in [0.4, 0.5) is 4.79 Å². The van der Waals surface area contributed by atoms with Gasteiger partial charge in [-0.05, 0) is 82.3 Å². The monoisotopic (exact) mass is 523 g/mol. The normalized spacial score (nSPS) is 19.7. The number of primary amides is 1. The van der Waals surface area contributed by atoms with Crippen LogP contribution in [-0.2, 0) is 10.3 Å². The van der Waals surface area contributed by atoms with Crippen molar-refractivity contribution in [3.8, 4) is 11.3 Å². The van der Waals surface area contributed by atoms with Crippen molar-refractivity contribution in [2.24, 2.45) is 5.73 Å². The van der Waals surface area contributed by atoms with Gasteiger partial charge in [0, 0.05) is 23.0 Å². The minimum atomic E-state index is -0.818. The number of rotatable bonds is 5. The van der Waals surface area contributed by atoms with Crippen LogP contribution in [0.5, 0.6) is 0 Å². The van der Waals surface area contributed by atoms with Gasteiger partial charge >= 0.3 is 6.09 Å². The Kier molecular flexibility index (Phi) is 7.36. The molecule has 1 saturated carbocycles. The summed E-state index contributed by atoms with van der Waals surface area (Å²) >= 11 is 6.29. The van der Waals surface area contributed by atoms with Crippen LogP contribution in [0.1, 0.15) is 68.4 Å². The molecule has 2 aromatic heterocycles. The lowest BCUT2D eigenvalue weighted by molar-refractivity contribution is 0.0402. The van der Waals surface area contributed by atoms with Crippen molar-refractivity contribution in [2.75, 3.05) is 0 Å². The van der Waals surface area contributed by atoms with E-state index in [1.54, 1.807) is 51.4 Å². The number of nitrogens with zero attached hydrogens (tertiary/aromatic N) is 3. The molecule has 1 fully saturated rings. The maximum Gasteiger partial charge on any atom is 0.408 e. The second-order valence-electron chi connectivity index (χ2n) is 10.2. The Hall–Kier alpha value is -3.72. The first-order chi connectivity index (χ1) is 17.5. The number of alkyl carbamates (subject to hydrolysis) is 1. The summed E-state index contributed by atoms with van der Waals surface area (Å²) in [6, 6.07) is 12.0. The van der Waals surface area contributed by atoms with Gasteiger partial charge in [0.1, 0.15) is 11.2 Å². The SMILES string of the molecule is CC(C)(C)OC(=O)NC1(c2cccc(Cl)c2)CCC(n2nc(-c3cccnc3)cc(C(N)=O)c2=O)CC1. The molecule has 4 rings (SSSR count). The second-order valence-corrected chi connectivity index (χ2v) is 10.7. The topological polar surface area (TPSA) is 129 Å². The number of carbonyl (C=O) groups is 2. The molecule has 0 atom stereocenters. The van der Waals surface area contributed by atoms with Gasteiger partial charge in [0.05, 0.1) is 17.3 Å². The summed E-state index contributed by atoms with van der Waals surface area (Å²) in [5, 5.41) is 8.21. The highest BCUT2D eigenvalue weighted by Crippen LogP contribution is 2.42. The fraction of sp³-hybridized carbons (Fsp3) is 0.370. The van der Waals surface area contributed by atoms with Crippen molar-refractivity contribution in [3.05, 3.63) is 81.4 Å². The first-order valence-electron chi connectivity index (χ1n) is 12.1. The molecular weight excluding hydrogens is 494 g/mol. The molecule has 2 amide bonds. The number of amides is 2. The number of nitrogens with two attached hydrogens (primary N) is 1. The number of halogens is 1. The average Bonchev–Trinajstić information content (AvgIpc) is 2.84. The van der Waals surface area contributed by atoms with Crippen molar-refractivity contribution in [1.82, 2.24) is 20.1 Å². The smallest absolute Gasteiger partial charge is 0.408 e. The van der Waals surface area contributed by atoms with Gasteiger partial charge in [0.25, 0.3) is 11.5 Å². The fourth-order valence-electron chi connectivity index (χ4n) is 4.70. The largest absolute Gasteiger partial charge is 0.444 e. The third kappa shape index (κ3) is 5.99. The highest BCUT2D eigenvalue weighted by atomic mass is 35.5. The van der Waals surface area contributed by atoms with Crippen LogP contribution in [0.3, 0.4) is 0 Å². The Balaban J connectivity index is 1.68. The summed E-state index contributed by atoms with van der Waals surface area (Å²) in [7, 11) is 0. The summed E-state index contributed by atoms with van der Waals surface area (Å²) in [6.45, 7) is 5.41. The number of hydrogen-bond acceptors (Lipinski definition) is 6. The minimum Gasteiger partial charge on any atom is -0.444 e. The quantitative estimate of drug-likeness (QED) is 0.503. The molecule has 10 heteroatoms. The molecule has 0 radical (unpaired) electrons. The molecule has 1 aliphatic carbocycles. The zero-order valence-electron chi connectivity index (χ0n) is 21.0.